The minimum absolute atomic E-state index is 0. The van der Waals surface area contributed by atoms with Gasteiger partial charge in [-0.15, -0.1) is 24.8 Å². The predicted octanol–water partition coefficient (Wildman–Crippen LogP) is 3.92. The number of nitrogens with two attached hydrogens (primary N) is 2. The molecule has 6 heteroatoms. The molecule has 4 N–H and O–H groups in total. The van der Waals surface area contributed by atoms with Gasteiger partial charge in [-0.2, -0.15) is 0 Å². The Morgan fingerprint density at radius 1 is 0.944 bits per heavy atom. The Morgan fingerprint density at radius 2 is 1.50 bits per heavy atom. The third-order valence-corrected chi connectivity index (χ3v) is 3.28. The van der Waals surface area contributed by atoms with Crippen molar-refractivity contribution in [3.8, 4) is 0 Å². The molecule has 2 nitrogen and oxygen atoms in total. The van der Waals surface area contributed by atoms with Crippen LogP contribution in [0.15, 0.2) is 42.1 Å². The molecule has 0 radical (unpaired) electrons. The van der Waals surface area contributed by atoms with E-state index >= 15 is 0 Å². The van der Waals surface area contributed by atoms with Crippen LogP contribution in [0.3, 0.4) is 0 Å². The molecule has 1 aromatic rings. The lowest BCUT2D eigenvalue weighted by Gasteiger charge is -2.25. The van der Waals surface area contributed by atoms with Crippen LogP contribution in [0.25, 0.3) is 5.57 Å². The van der Waals surface area contributed by atoms with Crippen molar-refractivity contribution in [1.82, 2.24) is 0 Å². The molecule has 0 fully saturated rings. The average molecular weight is 328 g/mol. The van der Waals surface area contributed by atoms with E-state index in [9.17, 15) is 0 Å². The smallest absolute Gasteiger partial charge is 0.161 e. The van der Waals surface area contributed by atoms with Crippen LogP contribution in [0.2, 0.25) is 0 Å². The van der Waals surface area contributed by atoms with Crippen molar-refractivity contribution in [3.63, 3.8) is 0 Å². The SMILES string of the molecule is Cl.Cl.NC1=CC=C(c2ccc(N)cc2)CC1(Cl)Cl. The van der Waals surface area contributed by atoms with Gasteiger partial charge in [0, 0.05) is 17.8 Å². The molecule has 0 atom stereocenters. The van der Waals surface area contributed by atoms with Crippen LogP contribution in [0.4, 0.5) is 5.69 Å². The van der Waals surface area contributed by atoms with Gasteiger partial charge in [-0.05, 0) is 29.3 Å². The predicted molar refractivity (Wildman–Crippen MR) is 84.7 cm³/mol. The van der Waals surface area contributed by atoms with Crippen molar-refractivity contribution in [2.75, 3.05) is 5.73 Å². The second-order valence-corrected chi connectivity index (χ2v) is 5.30. The Balaban J connectivity index is 0.00000144. The van der Waals surface area contributed by atoms with Crippen LogP contribution in [0.5, 0.6) is 0 Å². The summed E-state index contributed by atoms with van der Waals surface area (Å²) in [5.41, 5.74) is 14.7. The van der Waals surface area contributed by atoms with E-state index in [4.69, 9.17) is 34.7 Å². The summed E-state index contributed by atoms with van der Waals surface area (Å²) >= 11 is 12.2. The maximum Gasteiger partial charge on any atom is 0.161 e. The van der Waals surface area contributed by atoms with Crippen LogP contribution in [0, 0.1) is 0 Å². The minimum atomic E-state index is -1.01. The van der Waals surface area contributed by atoms with Crippen molar-refractivity contribution >= 4 is 59.3 Å². The molecule has 0 aromatic heterocycles. The lowest BCUT2D eigenvalue weighted by atomic mass is 9.95. The lowest BCUT2D eigenvalue weighted by Crippen LogP contribution is -2.25. The molecule has 0 saturated heterocycles. The summed E-state index contributed by atoms with van der Waals surface area (Å²) in [5, 5.41) is 0. The fourth-order valence-electron chi connectivity index (χ4n) is 1.61. The van der Waals surface area contributed by atoms with Gasteiger partial charge in [0.1, 0.15) is 0 Å². The Kier molecular flexibility index (Phi) is 6.38. The summed E-state index contributed by atoms with van der Waals surface area (Å²) in [6, 6.07) is 7.59. The fraction of sp³-hybridized carbons (Fsp3) is 0.167. The summed E-state index contributed by atoms with van der Waals surface area (Å²) in [5.74, 6) is 0. The molecule has 100 valence electrons. The summed E-state index contributed by atoms with van der Waals surface area (Å²) in [7, 11) is 0. The van der Waals surface area contributed by atoms with Crippen molar-refractivity contribution < 1.29 is 0 Å². The zero-order valence-corrected chi connectivity index (χ0v) is 12.5. The van der Waals surface area contributed by atoms with E-state index in [1.165, 1.54) is 0 Å². The molecule has 1 aliphatic carbocycles. The number of alkyl halides is 2. The highest BCUT2D eigenvalue weighted by Gasteiger charge is 2.31. The zero-order chi connectivity index (χ0) is 11.8. The van der Waals surface area contributed by atoms with Crippen molar-refractivity contribution in [2.24, 2.45) is 5.73 Å². The lowest BCUT2D eigenvalue weighted by molar-refractivity contribution is 0.892. The number of benzene rings is 1. The highest BCUT2D eigenvalue weighted by Crippen LogP contribution is 2.40. The maximum atomic E-state index is 6.11. The summed E-state index contributed by atoms with van der Waals surface area (Å²) in [4.78, 5) is 0. The summed E-state index contributed by atoms with van der Waals surface area (Å²) in [6.07, 6.45) is 4.18. The number of hydrogen-bond acceptors (Lipinski definition) is 2. The Bertz CT molecular complexity index is 463. The molecule has 0 spiro atoms. The van der Waals surface area contributed by atoms with Gasteiger partial charge in [0.05, 0.1) is 0 Å². The highest BCUT2D eigenvalue weighted by molar-refractivity contribution is 6.51. The second kappa shape index (κ2) is 6.58. The molecule has 0 saturated carbocycles. The largest absolute Gasteiger partial charge is 0.400 e. The van der Waals surface area contributed by atoms with Crippen molar-refractivity contribution in [3.05, 3.63) is 47.7 Å². The minimum Gasteiger partial charge on any atom is -0.400 e. The van der Waals surface area contributed by atoms with E-state index in [1.54, 1.807) is 6.08 Å². The molecule has 18 heavy (non-hydrogen) atoms. The summed E-state index contributed by atoms with van der Waals surface area (Å²) in [6.45, 7) is 0. The molecule has 0 amide bonds. The quantitative estimate of drug-likeness (QED) is 0.606. The van der Waals surface area contributed by atoms with E-state index in [0.717, 1.165) is 16.8 Å². The first-order valence-electron chi connectivity index (χ1n) is 4.89. The van der Waals surface area contributed by atoms with Gasteiger partial charge in [-0.3, -0.25) is 0 Å². The van der Waals surface area contributed by atoms with E-state index in [2.05, 4.69) is 0 Å². The molecule has 0 aliphatic heterocycles. The van der Waals surface area contributed by atoms with Gasteiger partial charge in [-0.25, -0.2) is 0 Å². The van der Waals surface area contributed by atoms with Crippen LogP contribution in [-0.2, 0) is 0 Å². The molecular formula is C12H14Cl4N2. The number of hydrogen-bond donors (Lipinski definition) is 2. The number of halogens is 4. The van der Waals surface area contributed by atoms with Crippen LogP contribution in [0.1, 0.15) is 12.0 Å². The fourth-order valence-corrected chi connectivity index (χ4v) is 2.02. The first-order chi connectivity index (χ1) is 7.49. The molecule has 1 aromatic carbocycles. The number of anilines is 1. The topological polar surface area (TPSA) is 52.0 Å². The number of nitrogen functional groups attached to an aromatic ring is 1. The van der Waals surface area contributed by atoms with Gasteiger partial charge in [0.2, 0.25) is 0 Å². The normalized spacial score (nSPS) is 16.8. The molecule has 0 unspecified atom stereocenters. The summed E-state index contributed by atoms with van der Waals surface area (Å²) < 4.78 is -1.01. The third-order valence-electron chi connectivity index (χ3n) is 2.58. The standard InChI is InChI=1S/C12H12Cl2N2.2ClH/c13-12(14)7-9(3-6-11(12)16)8-1-4-10(15)5-2-8;;/h1-6H,7,15-16H2;2*1H. The van der Waals surface area contributed by atoms with E-state index in [1.807, 2.05) is 30.3 Å². The molecular weight excluding hydrogens is 314 g/mol. The van der Waals surface area contributed by atoms with Crippen LogP contribution >= 0.6 is 48.0 Å². The van der Waals surface area contributed by atoms with Gasteiger partial charge < -0.3 is 11.5 Å². The van der Waals surface area contributed by atoms with E-state index in [0.29, 0.717) is 12.1 Å². The Morgan fingerprint density at radius 3 is 2.00 bits per heavy atom. The Hall–Kier alpha value is -0.540. The van der Waals surface area contributed by atoms with Crippen LogP contribution in [-0.4, -0.2) is 4.33 Å². The van der Waals surface area contributed by atoms with Crippen molar-refractivity contribution in [2.45, 2.75) is 10.8 Å². The van der Waals surface area contributed by atoms with E-state index in [-0.39, 0.29) is 24.8 Å². The first-order valence-corrected chi connectivity index (χ1v) is 5.65. The van der Waals surface area contributed by atoms with Crippen LogP contribution < -0.4 is 11.5 Å². The first kappa shape index (κ1) is 17.5. The number of allylic oxidation sites excluding steroid dienone is 4. The van der Waals surface area contributed by atoms with E-state index < -0.39 is 4.33 Å². The molecule has 0 heterocycles. The molecule has 1 aliphatic rings. The maximum absolute atomic E-state index is 6.11. The molecule has 2 rings (SSSR count). The van der Waals surface area contributed by atoms with Gasteiger partial charge >= 0.3 is 0 Å². The van der Waals surface area contributed by atoms with Gasteiger partial charge in [-0.1, -0.05) is 41.4 Å². The monoisotopic (exact) mass is 326 g/mol. The van der Waals surface area contributed by atoms with Crippen molar-refractivity contribution in [1.29, 1.82) is 0 Å². The zero-order valence-electron chi connectivity index (χ0n) is 9.40. The average Bonchev–Trinajstić information content (AvgIpc) is 2.23. The number of rotatable bonds is 1. The van der Waals surface area contributed by atoms with Gasteiger partial charge in [0.25, 0.3) is 0 Å². The molecule has 0 bridgehead atoms. The second-order valence-electron chi connectivity index (χ2n) is 3.82. The Labute approximate surface area is 129 Å². The highest BCUT2D eigenvalue weighted by atomic mass is 35.5. The van der Waals surface area contributed by atoms with Gasteiger partial charge in [0.15, 0.2) is 4.33 Å². The third kappa shape index (κ3) is 3.72.